The molecule has 20 heteroatoms. The summed E-state index contributed by atoms with van der Waals surface area (Å²) in [5.41, 5.74) is 0.642. The number of hydrogen-bond acceptors (Lipinski definition) is 15. The van der Waals surface area contributed by atoms with Crippen LogP contribution in [0.5, 0.6) is 0 Å². The number of rotatable bonds is 15. The fraction of sp³-hybridized carbons (Fsp3) is 0.831. The van der Waals surface area contributed by atoms with E-state index in [1.807, 2.05) is 30.4 Å². The topological polar surface area (TPSA) is 176 Å². The molecule has 8 aliphatic rings. The molecule has 8 unspecified atom stereocenters. The fourth-order valence-electron chi connectivity index (χ4n) is 13.2. The van der Waals surface area contributed by atoms with Crippen LogP contribution < -0.4 is 0 Å². The number of hydrogen-bond donors (Lipinski definition) is 2. The second-order valence-electron chi connectivity index (χ2n) is 34.1. The first-order valence-electron chi connectivity index (χ1n) is 34.5. The van der Waals surface area contributed by atoms with Gasteiger partial charge in [-0.3, -0.25) is 4.79 Å². The number of esters is 1. The van der Waals surface area contributed by atoms with Crippen molar-refractivity contribution in [2.24, 2.45) is 11.8 Å². The van der Waals surface area contributed by atoms with Crippen molar-refractivity contribution in [3.8, 4) is 0 Å². The first-order chi connectivity index (χ1) is 41.9. The van der Waals surface area contributed by atoms with Crippen LogP contribution in [0, 0.1) is 11.8 Å². The zero-order chi connectivity index (χ0) is 67.8. The van der Waals surface area contributed by atoms with Gasteiger partial charge in [-0.15, -0.1) is 0 Å². The highest BCUT2D eigenvalue weighted by Crippen LogP contribution is 2.49. The Kier molecular flexibility index (Phi) is 25.7. The second-order valence-corrected chi connectivity index (χ2v) is 54.0. The van der Waals surface area contributed by atoms with Crippen molar-refractivity contribution < 1.29 is 70.7 Å². The molecule has 19 atom stereocenters. The Morgan fingerprint density at radius 3 is 1.90 bits per heavy atom. The van der Waals surface area contributed by atoms with Crippen molar-refractivity contribution in [2.45, 2.75) is 343 Å². The van der Waals surface area contributed by atoms with Gasteiger partial charge in [0.25, 0.3) is 0 Å². The van der Waals surface area contributed by atoms with Gasteiger partial charge in [0.1, 0.15) is 41.9 Å². The predicted molar refractivity (Wildman–Crippen MR) is 380 cm³/mol. The largest absolute Gasteiger partial charge is 0.455 e. The van der Waals surface area contributed by atoms with Crippen molar-refractivity contribution in [3.63, 3.8) is 0 Å². The number of Topliss-reactive ketones (excluding diaryl/α,β-unsaturated/α-hetero) is 1. The minimum Gasteiger partial charge on any atom is -0.455 e. The number of methoxy groups -OCH3 is 1. The Labute approximate surface area is 567 Å². The molecule has 0 spiro atoms. The van der Waals surface area contributed by atoms with Crippen LogP contribution in [0.15, 0.2) is 54.6 Å². The van der Waals surface area contributed by atoms with E-state index in [1.54, 1.807) is 19.2 Å². The molecular weight excluding hydrogens is 1330 g/mol. The lowest BCUT2D eigenvalue weighted by atomic mass is 9.82. The van der Waals surface area contributed by atoms with E-state index in [4.69, 9.17) is 50.9 Å². The maximum atomic E-state index is 15.1. The molecule has 91 heavy (non-hydrogen) atoms. The van der Waals surface area contributed by atoms with Crippen molar-refractivity contribution in [3.05, 3.63) is 60.2 Å². The predicted octanol–water partition coefficient (Wildman–Crippen LogP) is 15.4. The van der Waals surface area contributed by atoms with Crippen LogP contribution in [-0.2, 0) is 55.7 Å². The maximum Gasteiger partial charge on any atom is 0.338 e. The third-order valence-electron chi connectivity index (χ3n) is 23.2. The molecule has 2 N–H and O–H groups in total. The zero-order valence-corrected chi connectivity index (χ0v) is 66.3. The van der Waals surface area contributed by atoms with Crippen molar-refractivity contribution in [1.29, 1.82) is 0 Å². The molecule has 7 bridgehead atoms. The van der Waals surface area contributed by atoms with Gasteiger partial charge in [0.2, 0.25) is 0 Å². The van der Waals surface area contributed by atoms with E-state index >= 15 is 4.79 Å². The number of ketones is 1. The molecule has 1 aromatic carbocycles. The SMILES string of the molecule is C=C1[C@H](C)C[C@H]2CC[C@@H]3O[C@@H](CCC(OC(=O)c4ccccc4)/C=C/C(O[Si](C)(C)C(C)(C)C)[C@@H]4O[C@H]5CC[C@H](CC(=O)CC6C(C[C@H]1O)OC(C[C@@H](CO[Si](C)(C)C(C)(C)C)O[Si](C)(C)C(C)(C)C)[C@@H]6OC)OC5[C@H](O)C4O[Si](C)(C)C(C)(C)C)CC3(CI)O2. The number of ether oxygens (including phenoxy) is 7. The van der Waals surface area contributed by atoms with E-state index in [2.05, 4.69) is 172 Å². The number of aliphatic hydroxyl groups excluding tert-OH is 2. The maximum absolute atomic E-state index is 15.1. The van der Waals surface area contributed by atoms with Gasteiger partial charge < -0.3 is 61.1 Å². The summed E-state index contributed by atoms with van der Waals surface area (Å²) in [5.74, 6) is -0.951. The Morgan fingerprint density at radius 2 is 1.30 bits per heavy atom. The third-order valence-corrected chi connectivity index (χ3v) is 42.5. The highest BCUT2D eigenvalue weighted by atomic mass is 127. The number of halogens is 1. The molecule has 0 radical (unpaired) electrons. The molecule has 0 aliphatic carbocycles. The van der Waals surface area contributed by atoms with Gasteiger partial charge in [0, 0.05) is 49.6 Å². The molecular formula is C71H123IO15Si4. The van der Waals surface area contributed by atoms with Gasteiger partial charge in [-0.1, -0.05) is 143 Å². The molecule has 0 saturated carbocycles. The summed E-state index contributed by atoms with van der Waals surface area (Å²) < 4.78 is 78.5. The van der Waals surface area contributed by atoms with Crippen LogP contribution in [-0.4, -0.2) is 177 Å². The summed E-state index contributed by atoms with van der Waals surface area (Å²) in [5, 5.41) is 25.0. The number of aliphatic hydroxyl groups is 2. The van der Waals surface area contributed by atoms with Gasteiger partial charge in [0.05, 0.1) is 79.3 Å². The summed E-state index contributed by atoms with van der Waals surface area (Å²) >= 11 is 2.46. The average Bonchev–Trinajstić information content (AvgIpc) is 1.38. The summed E-state index contributed by atoms with van der Waals surface area (Å²) in [4.78, 5) is 29.1. The van der Waals surface area contributed by atoms with Gasteiger partial charge in [-0.2, -0.15) is 0 Å². The first kappa shape index (κ1) is 77.3. The van der Waals surface area contributed by atoms with Gasteiger partial charge >= 0.3 is 5.97 Å². The normalized spacial score (nSPS) is 35.7. The number of carbonyl (C=O) groups excluding carboxylic acids is 2. The monoisotopic (exact) mass is 1450 g/mol. The molecule has 9 rings (SSSR count). The van der Waals surface area contributed by atoms with E-state index in [0.29, 0.717) is 62.7 Å². The summed E-state index contributed by atoms with van der Waals surface area (Å²) in [6, 6.07) is 9.09. The lowest BCUT2D eigenvalue weighted by Gasteiger charge is -2.53. The Balaban J connectivity index is 1.27. The number of carbonyl (C=O) groups is 2. The standard InChI is InChI=1S/C71H123IO15Si4/c1-45-37-51-33-36-60-71(44-72,84-51)42-52(79-60)30-29-49(81-66(76)47-27-25-24-26-28-47)31-35-57(86-90(20,21)69(9,10)11)64-65(87-91(22,23)70(12,13)14)61(75)63-56(83-64)34-32-50(80-63)38-48(73)39-54-58(41-55(74)46(45)2)82-59(62(54)77-15)40-53(85-89(18,19)68(6,7)8)43-78-88(16,17)67(3,4)5/h24-28,31,35,45,49-65,74-75H,2,29-30,32-34,36-44H2,1,3-23H3/b35-31+/t45-,49?,50-,51-,52+,53+,54?,55-,56+,57?,58?,59?,60+,61+,62-,63?,64+,65?,71?/m1/s1. The molecule has 0 aromatic heterocycles. The minimum atomic E-state index is -2.66. The van der Waals surface area contributed by atoms with E-state index in [1.165, 1.54) is 0 Å². The number of fused-ring (bicyclic) bond motifs is 2. The zero-order valence-electron chi connectivity index (χ0n) is 60.1. The minimum absolute atomic E-state index is 0.00973. The highest BCUT2D eigenvalue weighted by molar-refractivity contribution is 14.1. The molecule has 520 valence electrons. The Bertz CT molecular complexity index is 2590. The smallest absolute Gasteiger partial charge is 0.338 e. The average molecular weight is 1460 g/mol. The Morgan fingerprint density at radius 1 is 0.692 bits per heavy atom. The summed E-state index contributed by atoms with van der Waals surface area (Å²) in [6.45, 7) is 51.7. The second kappa shape index (κ2) is 30.2. The lowest BCUT2D eigenvalue weighted by Crippen LogP contribution is -2.67. The highest BCUT2D eigenvalue weighted by Gasteiger charge is 2.57. The van der Waals surface area contributed by atoms with Crippen molar-refractivity contribution in [1.82, 2.24) is 0 Å². The molecule has 5 fully saturated rings. The Hall–Kier alpha value is -1.04. The van der Waals surface area contributed by atoms with E-state index in [0.717, 1.165) is 17.3 Å². The van der Waals surface area contributed by atoms with Crippen LogP contribution >= 0.6 is 22.6 Å². The van der Waals surface area contributed by atoms with Crippen LogP contribution in [0.3, 0.4) is 0 Å². The first-order valence-corrected chi connectivity index (χ1v) is 47.6. The van der Waals surface area contributed by atoms with Crippen LogP contribution in [0.2, 0.25) is 72.5 Å². The molecule has 0 amide bonds. The van der Waals surface area contributed by atoms with Crippen molar-refractivity contribution >= 4 is 67.6 Å². The van der Waals surface area contributed by atoms with E-state index < -0.39 is 124 Å². The quantitative estimate of drug-likeness (QED) is 0.0557. The summed E-state index contributed by atoms with van der Waals surface area (Å²) in [6.07, 6.45) is 0.878. The third kappa shape index (κ3) is 18.8. The fourth-order valence-corrected chi connectivity index (χ4v) is 19.1. The summed E-state index contributed by atoms with van der Waals surface area (Å²) in [7, 11) is -8.10. The van der Waals surface area contributed by atoms with Crippen molar-refractivity contribution in [2.75, 3.05) is 18.1 Å². The van der Waals surface area contributed by atoms with Crippen LogP contribution in [0.25, 0.3) is 0 Å². The molecule has 5 saturated heterocycles. The number of benzene rings is 1. The van der Waals surface area contributed by atoms with Crippen LogP contribution in [0.4, 0.5) is 0 Å². The van der Waals surface area contributed by atoms with Gasteiger partial charge in [0.15, 0.2) is 33.3 Å². The lowest BCUT2D eigenvalue weighted by molar-refractivity contribution is -0.269. The van der Waals surface area contributed by atoms with Gasteiger partial charge in [-0.25, -0.2) is 4.79 Å². The molecule has 8 aliphatic heterocycles. The van der Waals surface area contributed by atoms with E-state index in [-0.39, 0.29) is 75.5 Å². The molecule has 1 aromatic rings. The molecule has 15 nitrogen and oxygen atoms in total. The van der Waals surface area contributed by atoms with Crippen LogP contribution in [0.1, 0.15) is 177 Å². The molecule has 8 heterocycles. The van der Waals surface area contributed by atoms with E-state index in [9.17, 15) is 15.0 Å². The number of alkyl halides is 1. The van der Waals surface area contributed by atoms with Gasteiger partial charge in [-0.05, 0) is 147 Å².